The van der Waals surface area contributed by atoms with Crippen molar-refractivity contribution >= 4 is 11.9 Å². The second kappa shape index (κ2) is 7.15. The third-order valence-corrected chi connectivity index (χ3v) is 5.61. The number of aromatic nitrogens is 1. The zero-order valence-corrected chi connectivity index (χ0v) is 15.6. The Labute approximate surface area is 148 Å². The summed E-state index contributed by atoms with van der Waals surface area (Å²) < 4.78 is 10.8. The van der Waals surface area contributed by atoms with Crippen LogP contribution in [-0.2, 0) is 9.53 Å². The van der Waals surface area contributed by atoms with Gasteiger partial charge < -0.3 is 19.7 Å². The molecule has 0 bridgehead atoms. The largest absolute Gasteiger partial charge is 0.479 e. The van der Waals surface area contributed by atoms with Crippen LogP contribution in [0.5, 0.6) is 0 Å². The monoisotopic (exact) mass is 352 g/mol. The van der Waals surface area contributed by atoms with E-state index in [0.29, 0.717) is 6.61 Å². The molecule has 0 saturated heterocycles. The quantitative estimate of drug-likeness (QED) is 0.746. The molecule has 2 rings (SSSR count). The summed E-state index contributed by atoms with van der Waals surface area (Å²) in [6.45, 7) is 10.0. The summed E-state index contributed by atoms with van der Waals surface area (Å²) in [6.07, 6.45) is 1.80. The van der Waals surface area contributed by atoms with E-state index in [1.54, 1.807) is 19.9 Å². The maximum Gasteiger partial charge on any atom is 0.330 e. The fraction of sp³-hybridized carbons (Fsp3) is 0.722. The maximum atomic E-state index is 12.6. The Bertz CT molecular complexity index is 635. The summed E-state index contributed by atoms with van der Waals surface area (Å²) in [5.41, 5.74) is -1.39. The topological polar surface area (TPSA) is 102 Å². The van der Waals surface area contributed by atoms with E-state index in [-0.39, 0.29) is 24.2 Å². The molecule has 25 heavy (non-hydrogen) atoms. The Balaban J connectivity index is 2.19. The van der Waals surface area contributed by atoms with Crippen LogP contribution in [-0.4, -0.2) is 40.4 Å². The van der Waals surface area contributed by atoms with E-state index in [2.05, 4.69) is 10.5 Å². The van der Waals surface area contributed by atoms with Crippen LogP contribution < -0.4 is 5.32 Å². The van der Waals surface area contributed by atoms with Gasteiger partial charge in [-0.3, -0.25) is 4.79 Å². The number of nitrogens with zero attached hydrogens (tertiary/aromatic N) is 1. The third-order valence-electron chi connectivity index (χ3n) is 5.61. The van der Waals surface area contributed by atoms with E-state index < -0.39 is 22.8 Å². The summed E-state index contributed by atoms with van der Waals surface area (Å²) >= 11 is 0. The van der Waals surface area contributed by atoms with Gasteiger partial charge in [0.05, 0.1) is 11.8 Å². The lowest BCUT2D eigenvalue weighted by molar-refractivity contribution is -0.190. The zero-order chi connectivity index (χ0) is 18.8. The minimum atomic E-state index is -1.38. The number of hydrogen-bond acceptors (Lipinski definition) is 5. The van der Waals surface area contributed by atoms with Gasteiger partial charge in [0.2, 0.25) is 5.76 Å². The van der Waals surface area contributed by atoms with E-state index in [9.17, 15) is 14.7 Å². The van der Waals surface area contributed by atoms with Crippen molar-refractivity contribution in [1.29, 1.82) is 0 Å². The van der Waals surface area contributed by atoms with Crippen LogP contribution in [0.3, 0.4) is 0 Å². The first-order valence-corrected chi connectivity index (χ1v) is 8.87. The van der Waals surface area contributed by atoms with Gasteiger partial charge in [0, 0.05) is 30.4 Å². The molecular formula is C18H28N2O5. The second-order valence-electron chi connectivity index (χ2n) is 7.16. The minimum absolute atomic E-state index is 0.0400. The molecule has 2 N–H and O–H groups in total. The molecule has 1 fully saturated rings. The number of amides is 1. The Morgan fingerprint density at radius 3 is 2.52 bits per heavy atom. The van der Waals surface area contributed by atoms with E-state index in [0.717, 1.165) is 18.5 Å². The number of carbonyl (C=O) groups is 2. The highest BCUT2D eigenvalue weighted by molar-refractivity contribution is 5.97. The normalized spacial score (nSPS) is 24.8. The molecule has 140 valence electrons. The molecule has 1 aromatic heterocycles. The van der Waals surface area contributed by atoms with Gasteiger partial charge in [-0.1, -0.05) is 32.9 Å². The van der Waals surface area contributed by atoms with Gasteiger partial charge in [0.15, 0.2) is 0 Å². The van der Waals surface area contributed by atoms with E-state index in [4.69, 9.17) is 9.26 Å². The summed E-state index contributed by atoms with van der Waals surface area (Å²) in [6, 6.07) is 1.61. The summed E-state index contributed by atoms with van der Waals surface area (Å²) in [4.78, 5) is 24.5. The van der Waals surface area contributed by atoms with Crippen molar-refractivity contribution < 1.29 is 24.0 Å². The van der Waals surface area contributed by atoms with Crippen LogP contribution in [0.2, 0.25) is 0 Å². The molecule has 2 atom stereocenters. The molecule has 1 aliphatic rings. The van der Waals surface area contributed by atoms with Crippen molar-refractivity contribution in [3.63, 3.8) is 0 Å². The fourth-order valence-corrected chi connectivity index (χ4v) is 3.59. The van der Waals surface area contributed by atoms with Crippen molar-refractivity contribution in [2.75, 3.05) is 6.61 Å². The van der Waals surface area contributed by atoms with Gasteiger partial charge in [-0.25, -0.2) is 4.79 Å². The number of rotatable bonds is 8. The molecule has 0 aromatic carbocycles. The first-order chi connectivity index (χ1) is 11.7. The first-order valence-electron chi connectivity index (χ1n) is 8.87. The van der Waals surface area contributed by atoms with Crippen LogP contribution >= 0.6 is 0 Å². The summed E-state index contributed by atoms with van der Waals surface area (Å²) in [7, 11) is 0. The van der Waals surface area contributed by atoms with Crippen molar-refractivity contribution in [2.24, 2.45) is 5.41 Å². The molecule has 7 nitrogen and oxygen atoms in total. The predicted molar refractivity (Wildman–Crippen MR) is 91.5 cm³/mol. The van der Waals surface area contributed by atoms with Crippen LogP contribution in [0.4, 0.5) is 0 Å². The first kappa shape index (κ1) is 19.4. The average Bonchev–Trinajstić information content (AvgIpc) is 3.04. The molecule has 1 aliphatic carbocycles. The lowest BCUT2D eigenvalue weighted by Gasteiger charge is -2.58. The number of nitrogens with one attached hydrogen (secondary N) is 1. The average molecular weight is 352 g/mol. The standard InChI is InChI=1S/C18H28N2O5/c1-6-11(7-2)12-9-13(25-20-12)15(21)19-18(16(22)23)10-14(24-8-3)17(18,4)5/h9,11,14H,6-8,10H2,1-5H3,(H,19,21)(H,22,23). The van der Waals surface area contributed by atoms with Gasteiger partial charge in [-0.2, -0.15) is 0 Å². The van der Waals surface area contributed by atoms with Gasteiger partial charge in [0.1, 0.15) is 5.54 Å². The van der Waals surface area contributed by atoms with Gasteiger partial charge in [-0.05, 0) is 19.8 Å². The Kier molecular flexibility index (Phi) is 5.56. The van der Waals surface area contributed by atoms with Crippen LogP contribution in [0.15, 0.2) is 10.6 Å². The molecule has 1 heterocycles. The predicted octanol–water partition coefficient (Wildman–Crippen LogP) is 2.97. The molecule has 0 spiro atoms. The smallest absolute Gasteiger partial charge is 0.330 e. The van der Waals surface area contributed by atoms with Crippen molar-refractivity contribution in [2.45, 2.75) is 71.4 Å². The lowest BCUT2D eigenvalue weighted by Crippen LogP contribution is -2.76. The van der Waals surface area contributed by atoms with E-state index in [1.165, 1.54) is 0 Å². The summed E-state index contributed by atoms with van der Waals surface area (Å²) in [5.74, 6) is -1.36. The van der Waals surface area contributed by atoms with Crippen LogP contribution in [0, 0.1) is 5.41 Å². The van der Waals surface area contributed by atoms with Gasteiger partial charge in [-0.15, -0.1) is 0 Å². The summed E-state index contributed by atoms with van der Waals surface area (Å²) in [5, 5.41) is 16.4. The molecule has 1 aromatic rings. The Morgan fingerprint density at radius 2 is 2.04 bits per heavy atom. The third kappa shape index (κ3) is 3.17. The SMILES string of the molecule is CCOC1CC(NC(=O)c2cc(C(CC)CC)no2)(C(=O)O)C1(C)C. The molecule has 0 radical (unpaired) electrons. The fourth-order valence-electron chi connectivity index (χ4n) is 3.59. The number of hydrogen-bond donors (Lipinski definition) is 2. The molecule has 0 aliphatic heterocycles. The van der Waals surface area contributed by atoms with Crippen LogP contribution in [0.25, 0.3) is 0 Å². The van der Waals surface area contributed by atoms with E-state index >= 15 is 0 Å². The minimum Gasteiger partial charge on any atom is -0.479 e. The number of aliphatic carboxylic acids is 1. The van der Waals surface area contributed by atoms with Gasteiger partial charge in [0.25, 0.3) is 5.91 Å². The van der Waals surface area contributed by atoms with E-state index in [1.807, 2.05) is 20.8 Å². The molecule has 7 heteroatoms. The Hall–Kier alpha value is -1.89. The highest BCUT2D eigenvalue weighted by Gasteiger charge is 2.66. The van der Waals surface area contributed by atoms with Crippen molar-refractivity contribution in [3.8, 4) is 0 Å². The number of ether oxygens (including phenoxy) is 1. The Morgan fingerprint density at radius 1 is 1.40 bits per heavy atom. The lowest BCUT2D eigenvalue weighted by atomic mass is 9.54. The molecule has 1 amide bonds. The number of carbonyl (C=O) groups excluding carboxylic acids is 1. The maximum absolute atomic E-state index is 12.6. The molecule has 2 unspecified atom stereocenters. The molecular weight excluding hydrogens is 324 g/mol. The van der Waals surface area contributed by atoms with Crippen LogP contribution in [0.1, 0.15) is 76.0 Å². The highest BCUT2D eigenvalue weighted by Crippen LogP contribution is 2.51. The van der Waals surface area contributed by atoms with Gasteiger partial charge >= 0.3 is 5.97 Å². The van der Waals surface area contributed by atoms with Crippen molar-refractivity contribution in [1.82, 2.24) is 10.5 Å². The van der Waals surface area contributed by atoms with Crippen molar-refractivity contribution in [3.05, 3.63) is 17.5 Å². The molecule has 1 saturated carbocycles. The zero-order valence-electron chi connectivity index (χ0n) is 15.6. The number of carboxylic acid groups (broad SMARTS) is 1. The second-order valence-corrected chi connectivity index (χ2v) is 7.16. The highest BCUT2D eigenvalue weighted by atomic mass is 16.5. The number of carboxylic acids is 1.